The molecule has 2 aromatic carbocycles. The SMILES string of the molecule is COc1[c]c(-c2ccc(CN)c(N)c2)cc(OC)c1OC. The summed E-state index contributed by atoms with van der Waals surface area (Å²) in [7, 11) is 4.69. The van der Waals surface area contributed by atoms with Crippen molar-refractivity contribution in [3.8, 4) is 28.4 Å². The minimum atomic E-state index is 0.408. The molecule has 5 heteroatoms. The third-order valence-corrected chi connectivity index (χ3v) is 3.26. The molecule has 2 aromatic rings. The van der Waals surface area contributed by atoms with Crippen LogP contribution in [0.15, 0.2) is 24.3 Å². The van der Waals surface area contributed by atoms with E-state index in [-0.39, 0.29) is 0 Å². The first-order chi connectivity index (χ1) is 10.1. The highest BCUT2D eigenvalue weighted by atomic mass is 16.5. The van der Waals surface area contributed by atoms with E-state index in [2.05, 4.69) is 6.07 Å². The number of methoxy groups -OCH3 is 3. The molecular formula is C16H19N2O3. The second-order valence-corrected chi connectivity index (χ2v) is 4.44. The lowest BCUT2D eigenvalue weighted by Crippen LogP contribution is -2.01. The molecule has 21 heavy (non-hydrogen) atoms. The van der Waals surface area contributed by atoms with Crippen LogP contribution in [-0.2, 0) is 6.54 Å². The zero-order chi connectivity index (χ0) is 15.4. The van der Waals surface area contributed by atoms with Crippen molar-refractivity contribution in [2.45, 2.75) is 6.54 Å². The maximum Gasteiger partial charge on any atom is 0.203 e. The molecule has 2 rings (SSSR count). The van der Waals surface area contributed by atoms with Crippen LogP contribution in [0.25, 0.3) is 11.1 Å². The fourth-order valence-electron chi connectivity index (χ4n) is 2.12. The van der Waals surface area contributed by atoms with E-state index >= 15 is 0 Å². The highest BCUT2D eigenvalue weighted by Gasteiger charge is 2.15. The lowest BCUT2D eigenvalue weighted by molar-refractivity contribution is 0.324. The van der Waals surface area contributed by atoms with Gasteiger partial charge in [0.15, 0.2) is 11.5 Å². The quantitative estimate of drug-likeness (QED) is 0.824. The molecule has 0 bridgehead atoms. The molecule has 0 saturated carbocycles. The Morgan fingerprint density at radius 2 is 1.81 bits per heavy atom. The average Bonchev–Trinajstić information content (AvgIpc) is 2.53. The van der Waals surface area contributed by atoms with Gasteiger partial charge in [-0.1, -0.05) is 12.1 Å². The summed E-state index contributed by atoms with van der Waals surface area (Å²) in [5.41, 5.74) is 14.9. The van der Waals surface area contributed by atoms with Crippen LogP contribution in [0.3, 0.4) is 0 Å². The molecule has 111 valence electrons. The van der Waals surface area contributed by atoms with E-state index in [1.807, 2.05) is 24.3 Å². The van der Waals surface area contributed by atoms with Gasteiger partial charge in [0, 0.05) is 18.3 Å². The Hall–Kier alpha value is -2.40. The van der Waals surface area contributed by atoms with Crippen LogP contribution in [0.5, 0.6) is 17.2 Å². The third-order valence-electron chi connectivity index (χ3n) is 3.26. The van der Waals surface area contributed by atoms with Crippen LogP contribution in [0.1, 0.15) is 5.56 Å². The molecule has 0 unspecified atom stereocenters. The molecule has 0 aromatic heterocycles. The van der Waals surface area contributed by atoms with Gasteiger partial charge in [0.2, 0.25) is 5.75 Å². The first-order valence-electron chi connectivity index (χ1n) is 6.45. The largest absolute Gasteiger partial charge is 0.493 e. The highest BCUT2D eigenvalue weighted by Crippen LogP contribution is 2.41. The van der Waals surface area contributed by atoms with Crippen LogP contribution in [0.2, 0.25) is 0 Å². The van der Waals surface area contributed by atoms with Crippen molar-refractivity contribution in [1.29, 1.82) is 0 Å². The van der Waals surface area contributed by atoms with Gasteiger partial charge >= 0.3 is 0 Å². The minimum absolute atomic E-state index is 0.408. The van der Waals surface area contributed by atoms with Gasteiger partial charge in [-0.05, 0) is 28.8 Å². The molecule has 0 amide bonds. The first kappa shape index (κ1) is 15.0. The zero-order valence-electron chi connectivity index (χ0n) is 12.4. The van der Waals surface area contributed by atoms with Gasteiger partial charge in [-0.3, -0.25) is 0 Å². The molecule has 0 spiro atoms. The molecule has 0 aliphatic rings. The van der Waals surface area contributed by atoms with Crippen molar-refractivity contribution in [3.05, 3.63) is 35.9 Å². The number of ether oxygens (including phenoxy) is 3. The fraction of sp³-hybridized carbons (Fsp3) is 0.250. The van der Waals surface area contributed by atoms with Gasteiger partial charge < -0.3 is 25.7 Å². The third kappa shape index (κ3) is 2.87. The number of rotatable bonds is 5. The maximum absolute atomic E-state index is 5.99. The summed E-state index contributed by atoms with van der Waals surface area (Å²) < 4.78 is 15.9. The monoisotopic (exact) mass is 287 g/mol. The average molecular weight is 287 g/mol. The summed E-state index contributed by atoms with van der Waals surface area (Å²) in [6.45, 7) is 0.408. The van der Waals surface area contributed by atoms with Crippen molar-refractivity contribution >= 4 is 5.69 Å². The summed E-state index contributed by atoms with van der Waals surface area (Å²) in [4.78, 5) is 0. The molecule has 5 nitrogen and oxygen atoms in total. The topological polar surface area (TPSA) is 79.7 Å². The molecule has 0 atom stereocenters. The van der Waals surface area contributed by atoms with E-state index in [1.165, 1.54) is 0 Å². The maximum atomic E-state index is 5.99. The van der Waals surface area contributed by atoms with E-state index in [0.717, 1.165) is 16.7 Å². The van der Waals surface area contributed by atoms with E-state index in [9.17, 15) is 0 Å². The predicted molar refractivity (Wildman–Crippen MR) is 82.7 cm³/mol. The van der Waals surface area contributed by atoms with E-state index < -0.39 is 0 Å². The molecule has 0 aliphatic carbocycles. The first-order valence-corrected chi connectivity index (χ1v) is 6.45. The molecule has 0 heterocycles. The molecule has 0 aliphatic heterocycles. The van der Waals surface area contributed by atoms with Gasteiger partial charge in [-0.15, -0.1) is 0 Å². The lowest BCUT2D eigenvalue weighted by atomic mass is 10.0. The predicted octanol–water partition coefficient (Wildman–Crippen LogP) is 2.22. The highest BCUT2D eigenvalue weighted by molar-refractivity contribution is 5.73. The molecule has 4 N–H and O–H groups in total. The summed E-state index contributed by atoms with van der Waals surface area (Å²) in [6, 6.07) is 10.7. The van der Waals surface area contributed by atoms with Gasteiger partial charge in [0.25, 0.3) is 0 Å². The van der Waals surface area contributed by atoms with Crippen LogP contribution >= 0.6 is 0 Å². The van der Waals surface area contributed by atoms with Crippen molar-refractivity contribution in [3.63, 3.8) is 0 Å². The number of hydrogen-bond acceptors (Lipinski definition) is 5. The Morgan fingerprint density at radius 1 is 1.05 bits per heavy atom. The van der Waals surface area contributed by atoms with Gasteiger partial charge in [0.05, 0.1) is 21.3 Å². The van der Waals surface area contributed by atoms with Crippen LogP contribution in [0, 0.1) is 6.07 Å². The summed E-state index contributed by atoms with van der Waals surface area (Å²) in [6.07, 6.45) is 0. The van der Waals surface area contributed by atoms with Gasteiger partial charge in [0.1, 0.15) is 0 Å². The lowest BCUT2D eigenvalue weighted by Gasteiger charge is -2.14. The smallest absolute Gasteiger partial charge is 0.203 e. The molecule has 0 fully saturated rings. The van der Waals surface area contributed by atoms with E-state index in [1.54, 1.807) is 21.3 Å². The van der Waals surface area contributed by atoms with E-state index in [4.69, 9.17) is 25.7 Å². The van der Waals surface area contributed by atoms with Crippen LogP contribution < -0.4 is 25.7 Å². The minimum Gasteiger partial charge on any atom is -0.493 e. The summed E-state index contributed by atoms with van der Waals surface area (Å²) in [5.74, 6) is 1.56. The Morgan fingerprint density at radius 3 is 2.33 bits per heavy atom. The van der Waals surface area contributed by atoms with Gasteiger partial charge in [-0.2, -0.15) is 0 Å². The standard InChI is InChI=1S/C16H19N2O3/c1-19-14-7-12(8-15(20-2)16(14)21-3)10-4-5-11(9-17)13(18)6-10/h4-7H,9,17-18H2,1-3H3. The van der Waals surface area contributed by atoms with Gasteiger partial charge in [-0.25, -0.2) is 0 Å². The number of nitrogen functional groups attached to an aromatic ring is 1. The van der Waals surface area contributed by atoms with Crippen molar-refractivity contribution in [2.24, 2.45) is 5.73 Å². The number of hydrogen-bond donors (Lipinski definition) is 2. The Bertz CT molecular complexity index is 616. The van der Waals surface area contributed by atoms with Crippen molar-refractivity contribution in [1.82, 2.24) is 0 Å². The van der Waals surface area contributed by atoms with E-state index in [0.29, 0.717) is 29.5 Å². The second kappa shape index (κ2) is 6.37. The molecule has 1 radical (unpaired) electrons. The normalized spacial score (nSPS) is 10.3. The number of anilines is 1. The number of benzene rings is 2. The molecular weight excluding hydrogens is 268 g/mol. The second-order valence-electron chi connectivity index (χ2n) is 4.44. The number of nitrogens with two attached hydrogens (primary N) is 2. The summed E-state index contributed by atoms with van der Waals surface area (Å²) >= 11 is 0. The Balaban J connectivity index is 2.56. The Kier molecular flexibility index (Phi) is 4.55. The summed E-state index contributed by atoms with van der Waals surface area (Å²) in [5, 5.41) is 0. The van der Waals surface area contributed by atoms with Crippen LogP contribution in [-0.4, -0.2) is 21.3 Å². The zero-order valence-corrected chi connectivity index (χ0v) is 12.4. The molecule has 0 saturated heterocycles. The fourth-order valence-corrected chi connectivity index (χ4v) is 2.12. The van der Waals surface area contributed by atoms with Crippen molar-refractivity contribution in [2.75, 3.05) is 27.1 Å². The van der Waals surface area contributed by atoms with Crippen LogP contribution in [0.4, 0.5) is 5.69 Å². The van der Waals surface area contributed by atoms with Crippen molar-refractivity contribution < 1.29 is 14.2 Å². The Labute approximate surface area is 124 Å².